The van der Waals surface area contributed by atoms with E-state index in [1.807, 2.05) is 48.3 Å². The molecule has 0 aromatic heterocycles. The molecule has 2 aliphatic heterocycles. The van der Waals surface area contributed by atoms with Crippen molar-refractivity contribution < 1.29 is 24.2 Å². The first-order valence-corrected chi connectivity index (χ1v) is 13.2. The molecule has 1 fully saturated rings. The number of benzene rings is 3. The summed E-state index contributed by atoms with van der Waals surface area (Å²) >= 11 is 0. The minimum atomic E-state index is -0.819. The van der Waals surface area contributed by atoms with E-state index in [9.17, 15) is 14.7 Å². The fourth-order valence-corrected chi connectivity index (χ4v) is 5.27. The van der Waals surface area contributed by atoms with Crippen LogP contribution in [-0.4, -0.2) is 57.2 Å². The summed E-state index contributed by atoms with van der Waals surface area (Å²) in [5.74, 6) is -0.286. The number of aliphatic hydroxyl groups is 1. The Kier molecular flexibility index (Phi) is 7.19. The third-order valence-corrected chi connectivity index (χ3v) is 7.46. The van der Waals surface area contributed by atoms with E-state index in [1.54, 1.807) is 37.4 Å². The lowest BCUT2D eigenvalue weighted by molar-refractivity contribution is -0.132. The van der Waals surface area contributed by atoms with Crippen molar-refractivity contribution in [3.8, 4) is 11.5 Å². The van der Waals surface area contributed by atoms with Gasteiger partial charge in [0.15, 0.2) is 0 Å². The Bertz CT molecular complexity index is 1410. The van der Waals surface area contributed by atoms with Crippen LogP contribution in [0.3, 0.4) is 0 Å². The van der Waals surface area contributed by atoms with Gasteiger partial charge in [-0.2, -0.15) is 0 Å². The van der Waals surface area contributed by atoms with Gasteiger partial charge < -0.3 is 24.4 Å². The predicted molar refractivity (Wildman–Crippen MR) is 153 cm³/mol. The fourth-order valence-electron chi connectivity index (χ4n) is 5.27. The van der Waals surface area contributed by atoms with Crippen LogP contribution < -0.4 is 24.2 Å². The van der Waals surface area contributed by atoms with Crippen LogP contribution in [0.25, 0.3) is 5.76 Å². The van der Waals surface area contributed by atoms with Gasteiger partial charge in [0.05, 0.1) is 31.0 Å². The minimum Gasteiger partial charge on any atom is -0.507 e. The lowest BCUT2D eigenvalue weighted by atomic mass is 9.94. The number of carbonyl (C=O) groups is 2. The van der Waals surface area contributed by atoms with E-state index in [-0.39, 0.29) is 11.3 Å². The highest BCUT2D eigenvalue weighted by Gasteiger charge is 2.47. The number of ketones is 1. The molecule has 39 heavy (non-hydrogen) atoms. The molecule has 3 aromatic carbocycles. The lowest BCUT2D eigenvalue weighted by Crippen LogP contribution is -2.29. The van der Waals surface area contributed by atoms with Crippen molar-refractivity contribution in [3.63, 3.8) is 0 Å². The van der Waals surface area contributed by atoms with Gasteiger partial charge in [-0.3, -0.25) is 14.5 Å². The molecule has 0 bridgehead atoms. The molecule has 3 aromatic rings. The second kappa shape index (κ2) is 10.7. The second-order valence-electron chi connectivity index (χ2n) is 9.58. The molecule has 1 unspecified atom stereocenters. The predicted octanol–water partition coefficient (Wildman–Crippen LogP) is 5.00. The summed E-state index contributed by atoms with van der Waals surface area (Å²) in [6.45, 7) is 7.16. The van der Waals surface area contributed by atoms with Crippen LogP contribution in [0.4, 0.5) is 17.1 Å². The maximum Gasteiger partial charge on any atom is 0.300 e. The van der Waals surface area contributed by atoms with Crippen LogP contribution in [0.5, 0.6) is 11.5 Å². The van der Waals surface area contributed by atoms with E-state index in [0.29, 0.717) is 41.5 Å². The number of Topliss-reactive ketones (excluding diaryl/α,β-unsaturated/α-hetero) is 1. The second-order valence-corrected chi connectivity index (χ2v) is 9.58. The molecule has 1 N–H and O–H groups in total. The van der Waals surface area contributed by atoms with Crippen molar-refractivity contribution in [2.45, 2.75) is 19.9 Å². The van der Waals surface area contributed by atoms with Crippen LogP contribution in [0.2, 0.25) is 0 Å². The van der Waals surface area contributed by atoms with Gasteiger partial charge in [-0.15, -0.1) is 0 Å². The summed E-state index contributed by atoms with van der Waals surface area (Å²) in [6.07, 6.45) is 0. The van der Waals surface area contributed by atoms with Crippen molar-refractivity contribution in [2.24, 2.45) is 0 Å². The summed E-state index contributed by atoms with van der Waals surface area (Å²) in [5, 5.41) is 11.6. The summed E-state index contributed by atoms with van der Waals surface area (Å²) in [7, 11) is 3.53. The van der Waals surface area contributed by atoms with Gasteiger partial charge in [0, 0.05) is 37.1 Å². The Balaban J connectivity index is 1.64. The number of likely N-dealkylation sites (N-methyl/N-ethyl adjacent to an activating group) is 1. The molecule has 1 saturated heterocycles. The summed E-state index contributed by atoms with van der Waals surface area (Å²) in [6, 6.07) is 19.3. The number of aliphatic hydroxyl groups excluding tert-OH is 1. The first kappa shape index (κ1) is 26.2. The van der Waals surface area contributed by atoms with Crippen LogP contribution in [-0.2, 0) is 9.59 Å². The number of fused-ring (bicyclic) bond motifs is 1. The van der Waals surface area contributed by atoms with E-state index in [4.69, 9.17) is 9.47 Å². The van der Waals surface area contributed by atoms with E-state index >= 15 is 0 Å². The Hall–Kier alpha value is -4.46. The molecule has 1 amide bonds. The average molecular weight is 528 g/mol. The normalized spacial score (nSPS) is 18.1. The zero-order valence-corrected chi connectivity index (χ0v) is 22.7. The summed E-state index contributed by atoms with van der Waals surface area (Å²) in [5.41, 5.74) is 3.58. The van der Waals surface area contributed by atoms with Gasteiger partial charge in [0.1, 0.15) is 23.9 Å². The molecule has 8 nitrogen and oxygen atoms in total. The van der Waals surface area contributed by atoms with Gasteiger partial charge in [-0.1, -0.05) is 12.1 Å². The van der Waals surface area contributed by atoms with Crippen molar-refractivity contribution in [1.29, 1.82) is 0 Å². The van der Waals surface area contributed by atoms with E-state index in [0.717, 1.165) is 24.5 Å². The maximum atomic E-state index is 13.6. The molecular weight excluding hydrogens is 494 g/mol. The molecule has 0 saturated carbocycles. The van der Waals surface area contributed by atoms with Gasteiger partial charge in [-0.25, -0.2) is 0 Å². The third-order valence-electron chi connectivity index (χ3n) is 7.46. The molecule has 5 rings (SSSR count). The topological polar surface area (TPSA) is 82.6 Å². The number of nitrogens with zero attached hydrogens (tertiary/aromatic N) is 3. The number of amides is 1. The van der Waals surface area contributed by atoms with Crippen molar-refractivity contribution >= 4 is 34.5 Å². The average Bonchev–Trinajstić information content (AvgIpc) is 3.23. The summed E-state index contributed by atoms with van der Waals surface area (Å²) < 4.78 is 11.1. The van der Waals surface area contributed by atoms with Crippen LogP contribution in [0, 0.1) is 0 Å². The Morgan fingerprint density at radius 1 is 1.03 bits per heavy atom. The van der Waals surface area contributed by atoms with E-state index < -0.39 is 17.7 Å². The van der Waals surface area contributed by atoms with Gasteiger partial charge in [0.2, 0.25) is 0 Å². The molecule has 0 radical (unpaired) electrons. The highest BCUT2D eigenvalue weighted by molar-refractivity contribution is 6.51. The SMILES string of the molecule is CCN(CC)c1ccc(N2C(=O)C(=O)/C(=C(\O)c3ccc4c(c3)N(C)CCO4)C2c2ccc(OC)cc2)cc1. The van der Waals surface area contributed by atoms with Gasteiger partial charge >= 0.3 is 0 Å². The van der Waals surface area contributed by atoms with Crippen molar-refractivity contribution in [2.75, 3.05) is 55.1 Å². The number of hydrogen-bond acceptors (Lipinski definition) is 7. The lowest BCUT2D eigenvalue weighted by Gasteiger charge is -2.28. The number of rotatable bonds is 7. The Morgan fingerprint density at radius 2 is 1.72 bits per heavy atom. The monoisotopic (exact) mass is 527 g/mol. The molecule has 2 aliphatic rings. The first-order chi connectivity index (χ1) is 18.9. The quantitative estimate of drug-likeness (QED) is 0.263. The number of ether oxygens (including phenoxy) is 2. The van der Waals surface area contributed by atoms with Gasteiger partial charge in [0.25, 0.3) is 11.7 Å². The first-order valence-electron chi connectivity index (χ1n) is 13.2. The summed E-state index contributed by atoms with van der Waals surface area (Å²) in [4.78, 5) is 32.8. The number of carbonyl (C=O) groups excluding carboxylic acids is 2. The van der Waals surface area contributed by atoms with Crippen molar-refractivity contribution in [3.05, 3.63) is 83.4 Å². The zero-order chi connectivity index (χ0) is 27.7. The standard InChI is InChI=1S/C31H33N3O5/c1-5-33(6-2)22-10-12-23(13-11-22)34-28(20-7-14-24(38-4)15-8-20)27(30(36)31(34)37)29(35)21-9-16-26-25(19-21)32(3)17-18-39-26/h7-16,19,28,35H,5-6,17-18H2,1-4H3/b29-27-. The minimum absolute atomic E-state index is 0.0392. The van der Waals surface area contributed by atoms with Crippen LogP contribution in [0.15, 0.2) is 72.3 Å². The molecule has 202 valence electrons. The highest BCUT2D eigenvalue weighted by Crippen LogP contribution is 2.44. The smallest absolute Gasteiger partial charge is 0.300 e. The number of methoxy groups -OCH3 is 1. The number of hydrogen-bond donors (Lipinski definition) is 1. The van der Waals surface area contributed by atoms with Crippen molar-refractivity contribution in [1.82, 2.24) is 0 Å². The molecular formula is C31H33N3O5. The molecule has 1 atom stereocenters. The highest BCUT2D eigenvalue weighted by atomic mass is 16.5. The van der Waals surface area contributed by atoms with E-state index in [1.165, 1.54) is 4.90 Å². The van der Waals surface area contributed by atoms with Crippen LogP contribution >= 0.6 is 0 Å². The molecule has 2 heterocycles. The van der Waals surface area contributed by atoms with E-state index in [2.05, 4.69) is 18.7 Å². The fraction of sp³-hybridized carbons (Fsp3) is 0.290. The maximum absolute atomic E-state index is 13.6. The third kappa shape index (κ3) is 4.67. The largest absolute Gasteiger partial charge is 0.507 e. The Labute approximate surface area is 228 Å². The zero-order valence-electron chi connectivity index (χ0n) is 22.7. The Morgan fingerprint density at radius 3 is 2.36 bits per heavy atom. The van der Waals surface area contributed by atoms with Crippen LogP contribution in [0.1, 0.15) is 31.0 Å². The molecule has 8 heteroatoms. The number of anilines is 3. The molecule has 0 spiro atoms. The van der Waals surface area contributed by atoms with Gasteiger partial charge in [-0.05, 0) is 74.0 Å². The molecule has 0 aliphatic carbocycles.